The van der Waals surface area contributed by atoms with Crippen LogP contribution in [0.2, 0.25) is 0 Å². The van der Waals surface area contributed by atoms with Gasteiger partial charge in [0.25, 0.3) is 0 Å². The van der Waals surface area contributed by atoms with Crippen molar-refractivity contribution in [3.05, 3.63) is 0 Å². The zero-order valence-electron chi connectivity index (χ0n) is 24.5. The molecule has 43 heavy (non-hydrogen) atoms. The van der Waals surface area contributed by atoms with Crippen molar-refractivity contribution < 1.29 is 38.6 Å². The first-order valence-corrected chi connectivity index (χ1v) is 25.4. The molecule has 2 N–H and O–H groups in total. The quantitative estimate of drug-likeness (QED) is 0.0386. The van der Waals surface area contributed by atoms with Gasteiger partial charge in [-0.15, -0.1) is 35.3 Å². The molecule has 0 spiro atoms. The molecule has 1 atom stereocenters. The van der Waals surface area contributed by atoms with Gasteiger partial charge in [-0.2, -0.15) is 58.8 Å². The molecule has 254 valence electrons. The smallest absolute Gasteiger partial charge is 0.307 e. The summed E-state index contributed by atoms with van der Waals surface area (Å²) in [6, 6.07) is 0. The van der Waals surface area contributed by atoms with E-state index in [-0.39, 0.29) is 30.3 Å². The number of thioether (sulfide) groups is 9. The fourth-order valence-electron chi connectivity index (χ4n) is 2.47. The number of aliphatic hydroxyl groups excluding tert-OH is 2. The molecular formula is C25H46O8S10. The van der Waals surface area contributed by atoms with E-state index in [1.807, 2.05) is 23.5 Å². The van der Waals surface area contributed by atoms with Gasteiger partial charge in [-0.25, -0.2) is 0 Å². The molecule has 0 aliphatic carbocycles. The number of hydrogen-bond acceptors (Lipinski definition) is 17. The maximum absolute atomic E-state index is 12.2. The Labute approximate surface area is 299 Å². The molecule has 0 aliphatic rings. The van der Waals surface area contributed by atoms with Crippen LogP contribution in [0.1, 0.15) is 25.7 Å². The molecule has 0 aromatic heterocycles. The van der Waals surface area contributed by atoms with E-state index in [0.717, 1.165) is 67.7 Å². The predicted octanol–water partition coefficient (Wildman–Crippen LogP) is 5.28. The Morgan fingerprint density at radius 1 is 0.558 bits per heavy atom. The summed E-state index contributed by atoms with van der Waals surface area (Å²) < 4.78 is 22.3. The molecule has 0 saturated heterocycles. The number of ether oxygens (including phenoxy) is 2. The summed E-state index contributed by atoms with van der Waals surface area (Å²) in [7, 11) is 0. The second-order valence-corrected chi connectivity index (χ2v) is 20.7. The Balaban J connectivity index is 3.35. The van der Waals surface area contributed by atoms with Crippen LogP contribution in [0, 0.1) is 0 Å². The lowest BCUT2D eigenvalue weighted by Gasteiger charge is -2.10. The second-order valence-electron chi connectivity index (χ2n) is 8.01. The number of carbonyl (C=O) groups excluding carboxylic acids is 3. The summed E-state index contributed by atoms with van der Waals surface area (Å²) in [6.07, 6.45) is 2.28. The van der Waals surface area contributed by atoms with E-state index in [0.29, 0.717) is 48.4 Å². The van der Waals surface area contributed by atoms with Crippen molar-refractivity contribution in [2.75, 3.05) is 104 Å². The maximum Gasteiger partial charge on any atom is 0.307 e. The van der Waals surface area contributed by atoms with Gasteiger partial charge in [0.2, 0.25) is 0 Å². The Kier molecular flexibility index (Phi) is 38.5. The zero-order valence-corrected chi connectivity index (χ0v) is 32.6. The molecule has 0 aromatic carbocycles. The summed E-state index contributed by atoms with van der Waals surface area (Å²) in [6.45, 7) is 0.176. The molecule has 0 saturated carbocycles. The van der Waals surface area contributed by atoms with Crippen LogP contribution in [0.5, 0.6) is 0 Å². The fourth-order valence-corrected chi connectivity index (χ4v) is 12.4. The van der Waals surface area contributed by atoms with Crippen LogP contribution < -0.4 is 0 Å². The summed E-state index contributed by atoms with van der Waals surface area (Å²) in [5.74, 6) is 8.65. The first-order chi connectivity index (χ1) is 21.0. The molecular weight excluding hydrogens is 749 g/mol. The average molecular weight is 795 g/mol. The van der Waals surface area contributed by atoms with Gasteiger partial charge < -0.3 is 24.2 Å². The van der Waals surface area contributed by atoms with Gasteiger partial charge >= 0.3 is 11.9 Å². The van der Waals surface area contributed by atoms with Crippen molar-refractivity contribution in [2.24, 2.45) is 0 Å². The van der Waals surface area contributed by atoms with Gasteiger partial charge in [0.1, 0.15) is 23.4 Å². The fraction of sp³-hybridized carbons (Fsp3) is 0.880. The number of carbonyl (C=O) groups is 3. The topological polar surface area (TPSA) is 133 Å². The van der Waals surface area contributed by atoms with Crippen molar-refractivity contribution >= 4 is 134 Å². The third-order valence-electron chi connectivity index (χ3n) is 4.54. The average Bonchev–Trinajstić information content (AvgIpc) is 2.99. The number of hydrogen-bond donors (Lipinski definition) is 2. The Bertz CT molecular complexity index is 670. The lowest BCUT2D eigenvalue weighted by atomic mass is 10.5. The van der Waals surface area contributed by atoms with Gasteiger partial charge in [-0.1, -0.05) is 22.9 Å². The van der Waals surface area contributed by atoms with Gasteiger partial charge in [-0.05, 0) is 5.75 Å². The predicted molar refractivity (Wildman–Crippen MR) is 204 cm³/mol. The SMILES string of the molecule is O=C(CCSCSCCC[S+]([O-])CCSCSCCSC(=O)CCSCSCCC(=O)OCSCCO)OCSCCO. The van der Waals surface area contributed by atoms with E-state index >= 15 is 0 Å². The van der Waals surface area contributed by atoms with Crippen LogP contribution in [0.15, 0.2) is 0 Å². The van der Waals surface area contributed by atoms with E-state index in [2.05, 4.69) is 0 Å². The van der Waals surface area contributed by atoms with Crippen molar-refractivity contribution in [1.82, 2.24) is 0 Å². The molecule has 0 rings (SSSR count). The van der Waals surface area contributed by atoms with E-state index in [4.69, 9.17) is 19.7 Å². The number of esters is 2. The first-order valence-electron chi connectivity index (χ1n) is 13.6. The molecule has 0 amide bonds. The molecule has 0 heterocycles. The molecule has 0 bridgehead atoms. The van der Waals surface area contributed by atoms with Crippen LogP contribution in [0.25, 0.3) is 0 Å². The third kappa shape index (κ3) is 36.7. The first kappa shape index (κ1) is 45.0. The van der Waals surface area contributed by atoms with Crippen molar-refractivity contribution in [3.63, 3.8) is 0 Å². The minimum Gasteiger partial charge on any atom is -0.616 e. The zero-order chi connectivity index (χ0) is 31.6. The summed E-state index contributed by atoms with van der Waals surface area (Å²) in [4.78, 5) is 35.1. The number of aliphatic hydroxyl groups is 2. The van der Waals surface area contributed by atoms with Gasteiger partial charge in [0.05, 0.1) is 26.1 Å². The van der Waals surface area contributed by atoms with E-state index < -0.39 is 11.2 Å². The summed E-state index contributed by atoms with van der Waals surface area (Å²) >= 11 is 14.0. The molecule has 0 radical (unpaired) electrons. The number of rotatable bonds is 33. The highest BCUT2D eigenvalue weighted by atomic mass is 32.2. The van der Waals surface area contributed by atoms with Gasteiger partial charge in [0, 0.05) is 74.1 Å². The van der Waals surface area contributed by atoms with Gasteiger partial charge in [-0.3, -0.25) is 14.4 Å². The molecule has 0 aliphatic heterocycles. The summed E-state index contributed by atoms with van der Waals surface area (Å²) in [5, 5.41) is 20.3. The minimum atomic E-state index is -0.776. The van der Waals surface area contributed by atoms with Crippen LogP contribution in [-0.2, 0) is 35.0 Å². The Morgan fingerprint density at radius 2 is 1.05 bits per heavy atom. The lowest BCUT2D eigenvalue weighted by molar-refractivity contribution is -0.141. The highest BCUT2D eigenvalue weighted by Crippen LogP contribution is 2.19. The van der Waals surface area contributed by atoms with Gasteiger partial charge in [0.15, 0.2) is 5.12 Å². The molecule has 8 nitrogen and oxygen atoms in total. The normalized spacial score (nSPS) is 11.9. The second kappa shape index (κ2) is 36.8. The Hall–Kier alpha value is 1.99. The van der Waals surface area contributed by atoms with Crippen molar-refractivity contribution in [2.45, 2.75) is 25.7 Å². The van der Waals surface area contributed by atoms with Crippen LogP contribution in [0.4, 0.5) is 0 Å². The molecule has 0 aromatic rings. The van der Waals surface area contributed by atoms with E-state index in [1.54, 1.807) is 47.0 Å². The monoisotopic (exact) mass is 794 g/mol. The standard InChI is InChI=1S/C25H46O8S10/c26-5-11-34-18-32-23(28)2-8-37-20-36-7-1-16-43(31)17-15-41-22-40-13-14-42-25(30)4-10-39-21-38-9-3-24(29)33-19-35-12-6-27/h26-27H,1-22H2. The molecule has 1 unspecified atom stereocenters. The maximum atomic E-state index is 12.2. The van der Waals surface area contributed by atoms with Crippen molar-refractivity contribution in [3.8, 4) is 0 Å². The highest BCUT2D eigenvalue weighted by molar-refractivity contribution is 8.18. The minimum absolute atomic E-state index is 0.0853. The van der Waals surface area contributed by atoms with E-state index in [9.17, 15) is 18.9 Å². The largest absolute Gasteiger partial charge is 0.616 e. The van der Waals surface area contributed by atoms with Crippen LogP contribution in [0.3, 0.4) is 0 Å². The summed E-state index contributed by atoms with van der Waals surface area (Å²) in [5.41, 5.74) is 0. The molecule has 18 heteroatoms. The molecule has 0 fully saturated rings. The highest BCUT2D eigenvalue weighted by Gasteiger charge is 2.08. The van der Waals surface area contributed by atoms with E-state index in [1.165, 1.54) is 35.3 Å². The van der Waals surface area contributed by atoms with Crippen LogP contribution >= 0.6 is 106 Å². The van der Waals surface area contributed by atoms with Crippen LogP contribution in [-0.4, -0.2) is 135 Å². The third-order valence-corrected chi connectivity index (χ3v) is 15.9. The Morgan fingerprint density at radius 3 is 1.60 bits per heavy atom. The lowest BCUT2D eigenvalue weighted by Crippen LogP contribution is -2.13. The van der Waals surface area contributed by atoms with Crippen molar-refractivity contribution in [1.29, 1.82) is 0 Å².